The van der Waals surface area contributed by atoms with E-state index in [1.165, 1.54) is 19.1 Å². The van der Waals surface area contributed by atoms with Crippen LogP contribution in [0, 0.1) is 18.3 Å². The number of fused-ring (bicyclic) bond motifs is 1. The first-order valence-electron chi connectivity index (χ1n) is 7.53. The van der Waals surface area contributed by atoms with Gasteiger partial charge in [0.25, 0.3) is 5.91 Å². The summed E-state index contributed by atoms with van der Waals surface area (Å²) in [5.74, 6) is -0.519. The second kappa shape index (κ2) is 6.75. The van der Waals surface area contributed by atoms with Crippen molar-refractivity contribution in [3.63, 3.8) is 0 Å². The Balaban J connectivity index is 1.98. The Kier molecular flexibility index (Phi) is 4.64. The molecule has 3 N–H and O–H groups in total. The topological polar surface area (TPSA) is 109 Å². The Morgan fingerprint density at radius 3 is 2.69 bits per heavy atom. The van der Waals surface area contributed by atoms with Crippen molar-refractivity contribution in [2.45, 2.75) is 13.8 Å². The number of Topliss-reactive ketones (excluding diaryl/α,β-unsaturated/α-hetero) is 1. The predicted octanol–water partition coefficient (Wildman–Crippen LogP) is 4.17. The smallest absolute Gasteiger partial charge is 0.267 e. The molecule has 2 heterocycles. The summed E-state index contributed by atoms with van der Waals surface area (Å²) < 4.78 is 0. The molecular weight excluding hydrogens is 372 g/mol. The summed E-state index contributed by atoms with van der Waals surface area (Å²) in [6.45, 7) is 3.20. The summed E-state index contributed by atoms with van der Waals surface area (Å²) in [7, 11) is 0. The summed E-state index contributed by atoms with van der Waals surface area (Å²) in [5.41, 5.74) is 8.24. The lowest BCUT2D eigenvalue weighted by atomic mass is 10.1. The minimum Gasteiger partial charge on any atom is -0.397 e. The zero-order valence-corrected chi connectivity index (χ0v) is 15.5. The van der Waals surface area contributed by atoms with Gasteiger partial charge < -0.3 is 11.1 Å². The largest absolute Gasteiger partial charge is 0.397 e. The van der Waals surface area contributed by atoms with E-state index in [1.807, 2.05) is 6.07 Å². The number of nitrogen functional groups attached to an aromatic ring is 1. The van der Waals surface area contributed by atoms with E-state index < -0.39 is 5.91 Å². The number of hydrogen-bond donors (Lipinski definition) is 2. The number of halogens is 1. The second-order valence-electron chi connectivity index (χ2n) is 5.64. The standard InChI is InChI=1S/C18H13ClN4O2S/c1-8-12(9(2)24)6-13-15(21)16(26-18(13)22-8)17(25)23-11-4-3-10(7-20)14(19)5-11/h3-6H,21H2,1-2H3,(H,23,25). The van der Waals surface area contributed by atoms with Crippen molar-refractivity contribution < 1.29 is 9.59 Å². The minimum absolute atomic E-state index is 0.110. The highest BCUT2D eigenvalue weighted by Gasteiger charge is 2.20. The van der Waals surface area contributed by atoms with Crippen molar-refractivity contribution in [2.24, 2.45) is 0 Å². The van der Waals surface area contributed by atoms with Gasteiger partial charge in [0.05, 0.1) is 16.3 Å². The van der Waals surface area contributed by atoms with Gasteiger partial charge in [-0.15, -0.1) is 11.3 Å². The average Bonchev–Trinajstić information content (AvgIpc) is 2.90. The number of aryl methyl sites for hydroxylation is 1. The molecule has 0 spiro atoms. The predicted molar refractivity (Wildman–Crippen MR) is 103 cm³/mol. The number of ketones is 1. The number of benzene rings is 1. The molecule has 0 aliphatic carbocycles. The number of carbonyl (C=O) groups excluding carboxylic acids is 2. The van der Waals surface area contributed by atoms with E-state index in [-0.39, 0.29) is 16.5 Å². The van der Waals surface area contributed by atoms with Gasteiger partial charge in [-0.2, -0.15) is 5.26 Å². The molecule has 3 rings (SSSR count). The van der Waals surface area contributed by atoms with Crippen LogP contribution in [0.5, 0.6) is 0 Å². The zero-order chi connectivity index (χ0) is 19.0. The van der Waals surface area contributed by atoms with Crippen LogP contribution in [0.25, 0.3) is 10.2 Å². The van der Waals surface area contributed by atoms with Crippen molar-refractivity contribution in [1.82, 2.24) is 4.98 Å². The Labute approximate surface area is 158 Å². The van der Waals surface area contributed by atoms with Crippen LogP contribution in [0.3, 0.4) is 0 Å². The molecule has 130 valence electrons. The number of nitrogens with one attached hydrogen (secondary N) is 1. The van der Waals surface area contributed by atoms with Crippen LogP contribution in [0.2, 0.25) is 5.02 Å². The molecule has 1 aromatic carbocycles. The molecule has 26 heavy (non-hydrogen) atoms. The number of nitrogens with zero attached hydrogens (tertiary/aromatic N) is 2. The van der Waals surface area contributed by atoms with E-state index in [0.717, 1.165) is 11.3 Å². The molecule has 0 saturated heterocycles. The Bertz CT molecular complexity index is 1110. The first kappa shape index (κ1) is 17.9. The molecule has 0 radical (unpaired) electrons. The van der Waals surface area contributed by atoms with Gasteiger partial charge in [0.1, 0.15) is 15.8 Å². The fraction of sp³-hybridized carbons (Fsp3) is 0.111. The number of nitriles is 1. The maximum atomic E-state index is 12.6. The molecule has 0 aliphatic rings. The molecule has 0 aliphatic heterocycles. The highest BCUT2D eigenvalue weighted by molar-refractivity contribution is 7.21. The number of nitrogens with two attached hydrogens (primary N) is 1. The number of thiophene rings is 1. The van der Waals surface area contributed by atoms with E-state index >= 15 is 0 Å². The van der Waals surface area contributed by atoms with Crippen LogP contribution in [-0.2, 0) is 0 Å². The summed E-state index contributed by atoms with van der Waals surface area (Å²) in [6, 6.07) is 8.23. The normalized spacial score (nSPS) is 10.5. The monoisotopic (exact) mass is 384 g/mol. The van der Waals surface area contributed by atoms with Crippen LogP contribution in [-0.4, -0.2) is 16.7 Å². The Morgan fingerprint density at radius 1 is 1.35 bits per heavy atom. The third-order valence-electron chi connectivity index (χ3n) is 3.84. The second-order valence-corrected chi connectivity index (χ2v) is 7.04. The fourth-order valence-corrected chi connectivity index (χ4v) is 3.77. The van der Waals surface area contributed by atoms with Crippen molar-refractivity contribution in [2.75, 3.05) is 11.1 Å². The van der Waals surface area contributed by atoms with Gasteiger partial charge in [0.2, 0.25) is 0 Å². The maximum absolute atomic E-state index is 12.6. The fourth-order valence-electron chi connectivity index (χ4n) is 2.52. The van der Waals surface area contributed by atoms with Crippen LogP contribution >= 0.6 is 22.9 Å². The van der Waals surface area contributed by atoms with Gasteiger partial charge in [-0.1, -0.05) is 11.6 Å². The van der Waals surface area contributed by atoms with Crippen molar-refractivity contribution in [1.29, 1.82) is 5.26 Å². The Morgan fingerprint density at radius 2 is 2.08 bits per heavy atom. The van der Waals surface area contributed by atoms with Crippen LogP contribution in [0.1, 0.15) is 38.2 Å². The summed E-state index contributed by atoms with van der Waals surface area (Å²) in [4.78, 5) is 29.6. The zero-order valence-electron chi connectivity index (χ0n) is 13.9. The number of hydrogen-bond acceptors (Lipinski definition) is 6. The quantitative estimate of drug-likeness (QED) is 0.658. The molecule has 0 unspecified atom stereocenters. The van der Waals surface area contributed by atoms with Gasteiger partial charge in [-0.05, 0) is 38.1 Å². The number of anilines is 2. The van der Waals surface area contributed by atoms with Crippen LogP contribution in [0.4, 0.5) is 11.4 Å². The van der Waals surface area contributed by atoms with Gasteiger partial charge in [-0.25, -0.2) is 4.98 Å². The van der Waals surface area contributed by atoms with Gasteiger partial charge in [-0.3, -0.25) is 9.59 Å². The highest BCUT2D eigenvalue weighted by Crippen LogP contribution is 2.34. The Hall–Kier alpha value is -2.95. The maximum Gasteiger partial charge on any atom is 0.267 e. The van der Waals surface area contributed by atoms with E-state index in [4.69, 9.17) is 22.6 Å². The number of amides is 1. The summed E-state index contributed by atoms with van der Waals surface area (Å²) in [6.07, 6.45) is 0. The van der Waals surface area contributed by atoms with E-state index in [9.17, 15) is 9.59 Å². The van der Waals surface area contributed by atoms with E-state index in [2.05, 4.69) is 10.3 Å². The van der Waals surface area contributed by atoms with Crippen molar-refractivity contribution in [3.05, 3.63) is 51.0 Å². The van der Waals surface area contributed by atoms with Gasteiger partial charge >= 0.3 is 0 Å². The third kappa shape index (κ3) is 3.12. The molecule has 1 amide bonds. The van der Waals surface area contributed by atoms with Gasteiger partial charge in [0, 0.05) is 22.3 Å². The number of pyridine rings is 1. The average molecular weight is 385 g/mol. The first-order valence-corrected chi connectivity index (χ1v) is 8.72. The van der Waals surface area contributed by atoms with Crippen LogP contribution < -0.4 is 11.1 Å². The minimum atomic E-state index is -0.409. The molecule has 0 fully saturated rings. The number of carbonyl (C=O) groups is 2. The molecule has 2 aromatic heterocycles. The molecule has 3 aromatic rings. The highest BCUT2D eigenvalue weighted by atomic mass is 35.5. The van der Waals surface area contributed by atoms with Crippen molar-refractivity contribution in [3.8, 4) is 6.07 Å². The molecule has 8 heteroatoms. The van der Waals surface area contributed by atoms with Crippen LogP contribution in [0.15, 0.2) is 24.3 Å². The lowest BCUT2D eigenvalue weighted by molar-refractivity contribution is 0.101. The van der Waals surface area contributed by atoms with Crippen molar-refractivity contribution >= 4 is 56.2 Å². The summed E-state index contributed by atoms with van der Waals surface area (Å²) in [5, 5.41) is 12.4. The number of rotatable bonds is 3. The lowest BCUT2D eigenvalue weighted by Gasteiger charge is -2.05. The third-order valence-corrected chi connectivity index (χ3v) is 5.27. The molecule has 0 atom stereocenters. The molecule has 6 nitrogen and oxygen atoms in total. The molecule has 0 saturated carbocycles. The van der Waals surface area contributed by atoms with Gasteiger partial charge in [0.15, 0.2) is 5.78 Å². The summed E-state index contributed by atoms with van der Waals surface area (Å²) >= 11 is 7.13. The SMILES string of the molecule is CC(=O)c1cc2c(N)c(C(=O)Nc3ccc(C#N)c(Cl)c3)sc2nc1C. The van der Waals surface area contributed by atoms with E-state index in [0.29, 0.717) is 37.6 Å². The molecular formula is C18H13ClN4O2S. The number of aromatic nitrogens is 1. The van der Waals surface area contributed by atoms with E-state index in [1.54, 1.807) is 19.1 Å². The lowest BCUT2D eigenvalue weighted by Crippen LogP contribution is -2.12. The first-order chi connectivity index (χ1) is 12.3. The molecule has 0 bridgehead atoms.